The lowest BCUT2D eigenvalue weighted by molar-refractivity contribution is -0.121. The maximum atomic E-state index is 11.9. The van der Waals surface area contributed by atoms with Crippen molar-refractivity contribution < 1.29 is 18.7 Å². The first-order valence-electron chi connectivity index (χ1n) is 7.84. The van der Waals surface area contributed by atoms with Crippen LogP contribution in [0.1, 0.15) is 23.8 Å². The molecule has 1 amide bonds. The van der Waals surface area contributed by atoms with Crippen LogP contribution in [0.5, 0.6) is 0 Å². The van der Waals surface area contributed by atoms with Crippen molar-refractivity contribution in [2.75, 3.05) is 6.54 Å². The quantitative estimate of drug-likeness (QED) is 0.699. The molecule has 2 aromatic heterocycles. The second-order valence-electron chi connectivity index (χ2n) is 5.48. The van der Waals surface area contributed by atoms with E-state index in [9.17, 15) is 9.90 Å². The van der Waals surface area contributed by atoms with Crippen LogP contribution in [-0.2, 0) is 11.2 Å². The zero-order valence-electron chi connectivity index (χ0n) is 13.1. The fourth-order valence-corrected chi connectivity index (χ4v) is 2.39. The number of nitrogens with one attached hydrogen (secondary N) is 1. The zero-order chi connectivity index (χ0) is 16.8. The van der Waals surface area contributed by atoms with Crippen LogP contribution in [0, 0.1) is 0 Å². The van der Waals surface area contributed by atoms with Crippen LogP contribution in [0.15, 0.2) is 69.7 Å². The van der Waals surface area contributed by atoms with Gasteiger partial charge in [-0.3, -0.25) is 4.79 Å². The molecule has 1 unspecified atom stereocenters. The zero-order valence-corrected chi connectivity index (χ0v) is 13.1. The van der Waals surface area contributed by atoms with E-state index in [1.54, 1.807) is 30.5 Å². The second-order valence-corrected chi connectivity index (χ2v) is 5.48. The minimum absolute atomic E-state index is 0.101. The van der Waals surface area contributed by atoms with Gasteiger partial charge in [0.1, 0.15) is 11.9 Å². The third-order valence-corrected chi connectivity index (χ3v) is 3.70. The van der Waals surface area contributed by atoms with E-state index < -0.39 is 6.10 Å². The van der Waals surface area contributed by atoms with Crippen LogP contribution < -0.4 is 5.32 Å². The number of aliphatic hydroxyl groups is 1. The van der Waals surface area contributed by atoms with Gasteiger partial charge in [-0.15, -0.1) is 0 Å². The molecule has 0 fully saturated rings. The van der Waals surface area contributed by atoms with E-state index in [1.807, 2.05) is 30.3 Å². The lowest BCUT2D eigenvalue weighted by Crippen LogP contribution is -2.28. The maximum Gasteiger partial charge on any atom is 0.220 e. The summed E-state index contributed by atoms with van der Waals surface area (Å²) in [5.74, 6) is 1.44. The van der Waals surface area contributed by atoms with Crippen molar-refractivity contribution in [2.24, 2.45) is 0 Å². The molecule has 5 heteroatoms. The van der Waals surface area contributed by atoms with Crippen LogP contribution in [0.3, 0.4) is 0 Å². The van der Waals surface area contributed by atoms with Gasteiger partial charge in [-0.1, -0.05) is 30.3 Å². The summed E-state index contributed by atoms with van der Waals surface area (Å²) in [4.78, 5) is 11.9. The monoisotopic (exact) mass is 325 g/mol. The Morgan fingerprint density at radius 3 is 2.62 bits per heavy atom. The van der Waals surface area contributed by atoms with Crippen molar-refractivity contribution in [1.29, 1.82) is 0 Å². The Bertz CT molecular complexity index is 762. The summed E-state index contributed by atoms with van der Waals surface area (Å²) in [6, 6.07) is 16.8. The Balaban J connectivity index is 1.46. The summed E-state index contributed by atoms with van der Waals surface area (Å²) >= 11 is 0. The van der Waals surface area contributed by atoms with Crippen LogP contribution in [0.4, 0.5) is 0 Å². The van der Waals surface area contributed by atoms with E-state index in [2.05, 4.69) is 5.32 Å². The van der Waals surface area contributed by atoms with Crippen molar-refractivity contribution in [2.45, 2.75) is 18.9 Å². The molecule has 124 valence electrons. The summed E-state index contributed by atoms with van der Waals surface area (Å²) in [6.07, 6.45) is 1.72. The van der Waals surface area contributed by atoms with E-state index in [-0.39, 0.29) is 12.5 Å². The van der Waals surface area contributed by atoms with Crippen molar-refractivity contribution in [3.05, 3.63) is 72.2 Å². The van der Waals surface area contributed by atoms with Gasteiger partial charge in [-0.2, -0.15) is 0 Å². The first kappa shape index (κ1) is 16.1. The topological polar surface area (TPSA) is 75.6 Å². The van der Waals surface area contributed by atoms with Gasteiger partial charge in [0.05, 0.1) is 12.8 Å². The van der Waals surface area contributed by atoms with Crippen LogP contribution >= 0.6 is 0 Å². The van der Waals surface area contributed by atoms with Crippen molar-refractivity contribution >= 4 is 5.91 Å². The Morgan fingerprint density at radius 2 is 1.88 bits per heavy atom. The first-order valence-corrected chi connectivity index (χ1v) is 7.84. The number of furan rings is 2. The fraction of sp³-hybridized carbons (Fsp3) is 0.211. The lowest BCUT2D eigenvalue weighted by atomic mass is 10.1. The molecule has 3 aromatic rings. The highest BCUT2D eigenvalue weighted by molar-refractivity contribution is 5.76. The largest absolute Gasteiger partial charge is 0.461 e. The number of hydrogen-bond acceptors (Lipinski definition) is 4. The van der Waals surface area contributed by atoms with Crippen molar-refractivity contribution in [3.63, 3.8) is 0 Å². The summed E-state index contributed by atoms with van der Waals surface area (Å²) < 4.78 is 10.8. The third kappa shape index (κ3) is 4.14. The minimum Gasteiger partial charge on any atom is -0.461 e. The molecule has 0 radical (unpaired) electrons. The SMILES string of the molecule is O=C(CCc1ccccc1)NCC(O)c1ccc(-c2ccco2)o1. The van der Waals surface area contributed by atoms with Gasteiger partial charge < -0.3 is 19.3 Å². The average molecular weight is 325 g/mol. The van der Waals surface area contributed by atoms with Crippen LogP contribution in [0.25, 0.3) is 11.5 Å². The Morgan fingerprint density at radius 1 is 1.04 bits per heavy atom. The average Bonchev–Trinajstić information content (AvgIpc) is 3.29. The van der Waals surface area contributed by atoms with E-state index in [0.29, 0.717) is 30.1 Å². The fourth-order valence-electron chi connectivity index (χ4n) is 2.39. The predicted molar refractivity (Wildman–Crippen MR) is 89.1 cm³/mol. The number of benzene rings is 1. The van der Waals surface area contributed by atoms with Gasteiger partial charge in [0, 0.05) is 6.42 Å². The van der Waals surface area contributed by atoms with Crippen LogP contribution in [0.2, 0.25) is 0 Å². The number of carbonyl (C=O) groups is 1. The molecule has 3 rings (SSSR count). The van der Waals surface area contributed by atoms with Gasteiger partial charge >= 0.3 is 0 Å². The molecule has 0 aliphatic heterocycles. The minimum atomic E-state index is -0.894. The number of rotatable bonds is 7. The number of carbonyl (C=O) groups excluding carboxylic acids is 1. The normalized spacial score (nSPS) is 12.0. The van der Waals surface area contributed by atoms with Gasteiger partial charge in [0.15, 0.2) is 11.5 Å². The third-order valence-electron chi connectivity index (χ3n) is 3.70. The van der Waals surface area contributed by atoms with Gasteiger partial charge in [0.25, 0.3) is 0 Å². The molecule has 0 spiro atoms. The van der Waals surface area contributed by atoms with E-state index in [0.717, 1.165) is 5.56 Å². The van der Waals surface area contributed by atoms with Gasteiger partial charge in [-0.25, -0.2) is 0 Å². The summed E-state index contributed by atoms with van der Waals surface area (Å²) in [7, 11) is 0. The Hall–Kier alpha value is -2.79. The molecule has 0 saturated carbocycles. The molecule has 24 heavy (non-hydrogen) atoms. The highest BCUT2D eigenvalue weighted by atomic mass is 16.4. The number of amides is 1. The van der Waals surface area contributed by atoms with E-state index in [1.165, 1.54) is 0 Å². The van der Waals surface area contributed by atoms with E-state index in [4.69, 9.17) is 8.83 Å². The van der Waals surface area contributed by atoms with Crippen molar-refractivity contribution in [3.8, 4) is 11.5 Å². The molecule has 5 nitrogen and oxygen atoms in total. The number of hydrogen-bond donors (Lipinski definition) is 2. The lowest BCUT2D eigenvalue weighted by Gasteiger charge is -2.09. The molecule has 2 heterocycles. The Labute approximate surface area is 139 Å². The van der Waals surface area contributed by atoms with Gasteiger partial charge in [0.2, 0.25) is 5.91 Å². The molecular formula is C19H19NO4. The first-order chi connectivity index (χ1) is 11.7. The second kappa shape index (κ2) is 7.66. The summed E-state index contributed by atoms with van der Waals surface area (Å²) in [6.45, 7) is 0.110. The predicted octanol–water partition coefficient (Wildman–Crippen LogP) is 3.32. The standard InChI is InChI=1S/C19H19NO4/c21-15(16-9-10-18(24-16)17-7-4-12-23-17)13-20-19(22)11-8-14-5-2-1-3-6-14/h1-7,9-10,12,15,21H,8,11,13H2,(H,20,22). The summed E-state index contributed by atoms with van der Waals surface area (Å²) in [5.41, 5.74) is 1.11. The highest BCUT2D eigenvalue weighted by Gasteiger charge is 2.15. The molecular weight excluding hydrogens is 306 g/mol. The molecule has 0 bridgehead atoms. The molecule has 0 aliphatic carbocycles. The van der Waals surface area contributed by atoms with Gasteiger partial charge in [-0.05, 0) is 36.2 Å². The summed E-state index contributed by atoms with van der Waals surface area (Å²) in [5, 5.41) is 12.8. The van der Waals surface area contributed by atoms with Crippen LogP contribution in [-0.4, -0.2) is 17.6 Å². The maximum absolute atomic E-state index is 11.9. The Kier molecular flexibility index (Phi) is 5.13. The number of aliphatic hydroxyl groups excluding tert-OH is 1. The smallest absolute Gasteiger partial charge is 0.220 e. The van der Waals surface area contributed by atoms with Crippen molar-refractivity contribution in [1.82, 2.24) is 5.32 Å². The van der Waals surface area contributed by atoms with E-state index >= 15 is 0 Å². The highest BCUT2D eigenvalue weighted by Crippen LogP contribution is 2.25. The number of aryl methyl sites for hydroxylation is 1. The molecule has 1 aromatic carbocycles. The molecule has 1 atom stereocenters. The molecule has 2 N–H and O–H groups in total. The molecule has 0 aliphatic rings. The molecule has 0 saturated heterocycles.